The topological polar surface area (TPSA) is 24.5 Å². The lowest BCUT2D eigenvalue weighted by Crippen LogP contribution is -2.61. The predicted octanol–water partition coefficient (Wildman–Crippen LogP) is 1.88. The van der Waals surface area contributed by atoms with E-state index in [1.165, 1.54) is 32.4 Å². The molecule has 2 rings (SSSR count). The van der Waals surface area contributed by atoms with E-state index in [4.69, 9.17) is 4.74 Å². The third-order valence-electron chi connectivity index (χ3n) is 4.87. The highest BCUT2D eigenvalue weighted by Gasteiger charge is 2.37. The molecule has 0 saturated carbocycles. The normalized spacial score (nSPS) is 32.3. The molecule has 0 spiro atoms. The van der Waals surface area contributed by atoms with Crippen LogP contribution in [0, 0.1) is 5.92 Å². The first-order chi connectivity index (χ1) is 8.15. The molecule has 2 saturated heterocycles. The van der Waals surface area contributed by atoms with Crippen molar-refractivity contribution in [1.29, 1.82) is 0 Å². The Bertz CT molecular complexity index is 238. The summed E-state index contributed by atoms with van der Waals surface area (Å²) in [5.74, 6) is 0.779. The fourth-order valence-corrected chi connectivity index (χ4v) is 3.06. The molecule has 2 atom stereocenters. The molecule has 1 N–H and O–H groups in total. The minimum Gasteiger partial charge on any atom is -0.381 e. The quantitative estimate of drug-likeness (QED) is 0.815. The van der Waals surface area contributed by atoms with Crippen molar-refractivity contribution in [3.05, 3.63) is 0 Å². The largest absolute Gasteiger partial charge is 0.381 e. The van der Waals surface area contributed by atoms with Gasteiger partial charge in [0.2, 0.25) is 0 Å². The van der Waals surface area contributed by atoms with Gasteiger partial charge in [-0.15, -0.1) is 0 Å². The second-order valence-corrected chi connectivity index (χ2v) is 6.00. The molecule has 2 heterocycles. The summed E-state index contributed by atoms with van der Waals surface area (Å²) >= 11 is 0. The van der Waals surface area contributed by atoms with Gasteiger partial charge in [-0.05, 0) is 25.7 Å². The molecule has 0 aromatic carbocycles. The molecule has 2 fully saturated rings. The molecule has 17 heavy (non-hydrogen) atoms. The summed E-state index contributed by atoms with van der Waals surface area (Å²) in [6, 6.07) is 0.674. The van der Waals surface area contributed by atoms with Crippen LogP contribution in [-0.2, 0) is 4.74 Å². The van der Waals surface area contributed by atoms with Gasteiger partial charge in [0.1, 0.15) is 0 Å². The van der Waals surface area contributed by atoms with Crippen molar-refractivity contribution >= 4 is 0 Å². The van der Waals surface area contributed by atoms with Crippen LogP contribution in [0.15, 0.2) is 0 Å². The van der Waals surface area contributed by atoms with Crippen molar-refractivity contribution in [2.24, 2.45) is 5.92 Å². The zero-order chi connectivity index (χ0) is 12.3. The van der Waals surface area contributed by atoms with E-state index in [0.29, 0.717) is 11.6 Å². The van der Waals surface area contributed by atoms with Crippen LogP contribution in [0.25, 0.3) is 0 Å². The van der Waals surface area contributed by atoms with Crippen LogP contribution in [0.2, 0.25) is 0 Å². The Hall–Kier alpha value is -0.120. The third kappa shape index (κ3) is 3.01. The average Bonchev–Trinajstić information content (AvgIpc) is 2.39. The highest BCUT2D eigenvalue weighted by molar-refractivity contribution is 4.93. The molecule has 2 aliphatic heterocycles. The number of hydrogen-bond donors (Lipinski definition) is 1. The van der Waals surface area contributed by atoms with E-state index in [9.17, 15) is 0 Å². The molecule has 0 aliphatic carbocycles. The minimum atomic E-state index is 0.381. The van der Waals surface area contributed by atoms with Crippen LogP contribution in [0.5, 0.6) is 0 Å². The van der Waals surface area contributed by atoms with Crippen LogP contribution >= 0.6 is 0 Å². The van der Waals surface area contributed by atoms with Crippen LogP contribution in [0.4, 0.5) is 0 Å². The number of hydrogen-bond acceptors (Lipinski definition) is 3. The van der Waals surface area contributed by atoms with E-state index in [1.807, 2.05) is 0 Å². The fraction of sp³-hybridized carbons (Fsp3) is 1.00. The summed E-state index contributed by atoms with van der Waals surface area (Å²) < 4.78 is 5.51. The molecule has 3 nitrogen and oxygen atoms in total. The molecule has 0 aromatic rings. The van der Waals surface area contributed by atoms with Crippen molar-refractivity contribution in [2.75, 3.05) is 32.8 Å². The van der Waals surface area contributed by atoms with E-state index >= 15 is 0 Å². The van der Waals surface area contributed by atoms with Crippen molar-refractivity contribution in [3.8, 4) is 0 Å². The SMILES string of the molecule is CCC(C)C1CN(C2(C)CCOCC2)CCN1. The highest BCUT2D eigenvalue weighted by Crippen LogP contribution is 2.29. The average molecular weight is 240 g/mol. The van der Waals surface area contributed by atoms with Crippen molar-refractivity contribution < 1.29 is 4.74 Å². The molecular weight excluding hydrogens is 212 g/mol. The Kier molecular flexibility index (Phi) is 4.45. The van der Waals surface area contributed by atoms with Crippen LogP contribution in [-0.4, -0.2) is 49.3 Å². The van der Waals surface area contributed by atoms with E-state index in [0.717, 1.165) is 25.7 Å². The zero-order valence-corrected chi connectivity index (χ0v) is 11.7. The summed E-state index contributed by atoms with van der Waals surface area (Å²) in [6.45, 7) is 12.5. The Morgan fingerprint density at radius 2 is 2.12 bits per heavy atom. The van der Waals surface area contributed by atoms with E-state index in [-0.39, 0.29) is 0 Å². The summed E-state index contributed by atoms with van der Waals surface area (Å²) in [7, 11) is 0. The van der Waals surface area contributed by atoms with Gasteiger partial charge >= 0.3 is 0 Å². The van der Waals surface area contributed by atoms with Gasteiger partial charge in [-0.3, -0.25) is 4.90 Å². The lowest BCUT2D eigenvalue weighted by molar-refractivity contribution is -0.0333. The Balaban J connectivity index is 1.96. The summed E-state index contributed by atoms with van der Waals surface area (Å²) in [5, 5.41) is 3.68. The Morgan fingerprint density at radius 3 is 2.76 bits per heavy atom. The summed E-state index contributed by atoms with van der Waals surface area (Å²) in [5.41, 5.74) is 0.381. The number of rotatable bonds is 3. The van der Waals surface area contributed by atoms with Crippen LogP contribution in [0.3, 0.4) is 0 Å². The maximum atomic E-state index is 5.51. The molecular formula is C14H28N2O. The molecule has 100 valence electrons. The lowest BCUT2D eigenvalue weighted by Gasteiger charge is -2.48. The smallest absolute Gasteiger partial charge is 0.0483 e. The minimum absolute atomic E-state index is 0.381. The van der Waals surface area contributed by atoms with Crippen LogP contribution < -0.4 is 5.32 Å². The first-order valence-electron chi connectivity index (χ1n) is 7.22. The number of piperazine rings is 1. The summed E-state index contributed by atoms with van der Waals surface area (Å²) in [4.78, 5) is 2.71. The van der Waals surface area contributed by atoms with E-state index in [2.05, 4.69) is 31.0 Å². The third-order valence-corrected chi connectivity index (χ3v) is 4.87. The highest BCUT2D eigenvalue weighted by atomic mass is 16.5. The van der Waals surface area contributed by atoms with Gasteiger partial charge in [0.05, 0.1) is 0 Å². The summed E-state index contributed by atoms with van der Waals surface area (Å²) in [6.07, 6.45) is 3.66. The van der Waals surface area contributed by atoms with E-state index < -0.39 is 0 Å². The molecule has 0 aromatic heterocycles. The van der Waals surface area contributed by atoms with Gasteiger partial charge in [0.15, 0.2) is 0 Å². The second kappa shape index (κ2) is 5.68. The molecule has 2 unspecified atom stereocenters. The second-order valence-electron chi connectivity index (χ2n) is 6.00. The monoisotopic (exact) mass is 240 g/mol. The maximum absolute atomic E-state index is 5.51. The molecule has 2 aliphatic rings. The number of ether oxygens (including phenoxy) is 1. The number of nitrogens with zero attached hydrogens (tertiary/aromatic N) is 1. The van der Waals surface area contributed by atoms with Gasteiger partial charge < -0.3 is 10.1 Å². The van der Waals surface area contributed by atoms with E-state index in [1.54, 1.807) is 0 Å². The van der Waals surface area contributed by atoms with Gasteiger partial charge in [-0.25, -0.2) is 0 Å². The predicted molar refractivity (Wildman–Crippen MR) is 71.3 cm³/mol. The molecule has 3 heteroatoms. The molecule has 0 bridgehead atoms. The molecule has 0 amide bonds. The van der Waals surface area contributed by atoms with Crippen molar-refractivity contribution in [3.63, 3.8) is 0 Å². The maximum Gasteiger partial charge on any atom is 0.0483 e. The molecule has 0 radical (unpaired) electrons. The van der Waals surface area contributed by atoms with Crippen molar-refractivity contribution in [2.45, 2.75) is 51.6 Å². The van der Waals surface area contributed by atoms with Gasteiger partial charge in [-0.2, -0.15) is 0 Å². The van der Waals surface area contributed by atoms with Gasteiger partial charge in [-0.1, -0.05) is 20.3 Å². The Morgan fingerprint density at radius 1 is 1.41 bits per heavy atom. The van der Waals surface area contributed by atoms with Gasteiger partial charge in [0.25, 0.3) is 0 Å². The fourth-order valence-electron chi connectivity index (χ4n) is 3.06. The van der Waals surface area contributed by atoms with Crippen LogP contribution in [0.1, 0.15) is 40.0 Å². The Labute approximate surface area is 106 Å². The van der Waals surface area contributed by atoms with Crippen molar-refractivity contribution in [1.82, 2.24) is 10.2 Å². The van der Waals surface area contributed by atoms with Gasteiger partial charge in [0, 0.05) is 44.4 Å². The first kappa shape index (κ1) is 13.3. The lowest BCUT2D eigenvalue weighted by atomic mass is 9.87. The number of nitrogens with one attached hydrogen (secondary N) is 1. The zero-order valence-electron chi connectivity index (χ0n) is 11.7. The first-order valence-corrected chi connectivity index (χ1v) is 7.22. The standard InChI is InChI=1S/C14H28N2O/c1-4-12(2)13-11-16(8-7-15-13)14(3)5-9-17-10-6-14/h12-13,15H,4-11H2,1-3H3.